The number of aromatic nitrogens is 1. The number of carbonyl (C=O) groups is 2. The molecule has 40 heavy (non-hydrogen) atoms. The van der Waals surface area contributed by atoms with Crippen LogP contribution in [-0.4, -0.2) is 46.7 Å². The monoisotopic (exact) mass is 558 g/mol. The zero-order chi connectivity index (χ0) is 28.1. The Morgan fingerprint density at radius 2 is 1.98 bits per heavy atom. The number of amides is 1. The van der Waals surface area contributed by atoms with E-state index < -0.39 is 17.7 Å². The molecule has 0 aliphatic carbocycles. The number of hydrogen-bond acceptors (Lipinski definition) is 9. The van der Waals surface area contributed by atoms with Gasteiger partial charge in [-0.2, -0.15) is 0 Å². The van der Waals surface area contributed by atoms with Gasteiger partial charge in [-0.1, -0.05) is 17.4 Å². The van der Waals surface area contributed by atoms with Gasteiger partial charge in [0.25, 0.3) is 5.78 Å². The molecule has 1 amide bonds. The van der Waals surface area contributed by atoms with E-state index in [0.717, 1.165) is 16.0 Å². The molecule has 0 saturated carbocycles. The zero-order valence-corrected chi connectivity index (χ0v) is 22.8. The minimum atomic E-state index is -1.02. The van der Waals surface area contributed by atoms with Crippen LogP contribution < -0.4 is 19.1 Å². The normalized spacial score (nSPS) is 19.6. The van der Waals surface area contributed by atoms with Gasteiger partial charge in [-0.15, -0.1) is 0 Å². The molecule has 1 saturated heterocycles. The third kappa shape index (κ3) is 4.21. The van der Waals surface area contributed by atoms with Crippen molar-refractivity contribution in [2.75, 3.05) is 18.6 Å². The number of nitrogens with zero attached hydrogens (tertiary/aromatic N) is 2. The summed E-state index contributed by atoms with van der Waals surface area (Å²) in [5.41, 5.74) is 2.33. The second-order valence-corrected chi connectivity index (χ2v) is 10.6. The average molecular weight is 559 g/mol. The smallest absolute Gasteiger partial charge is 0.301 e. The molecule has 2 atom stereocenters. The summed E-state index contributed by atoms with van der Waals surface area (Å²) in [5, 5.41) is 22.2. The molecule has 3 heterocycles. The molecule has 1 aromatic heterocycles. The highest BCUT2D eigenvalue weighted by atomic mass is 32.1. The van der Waals surface area contributed by atoms with Crippen LogP contribution >= 0.6 is 11.3 Å². The molecule has 2 aliphatic heterocycles. The first-order valence-corrected chi connectivity index (χ1v) is 13.6. The van der Waals surface area contributed by atoms with Gasteiger partial charge in [0.1, 0.15) is 23.4 Å². The molecule has 2 unspecified atom stereocenters. The number of rotatable bonds is 6. The Morgan fingerprint density at radius 1 is 1.15 bits per heavy atom. The van der Waals surface area contributed by atoms with Crippen molar-refractivity contribution in [3.8, 4) is 23.0 Å². The molecular weight excluding hydrogens is 532 g/mol. The summed E-state index contributed by atoms with van der Waals surface area (Å²) >= 11 is 1.23. The molecule has 2 N–H and O–H groups in total. The quantitative estimate of drug-likeness (QED) is 0.185. The second kappa shape index (κ2) is 9.87. The van der Waals surface area contributed by atoms with E-state index in [1.165, 1.54) is 22.3 Å². The molecule has 0 bridgehead atoms. The maximum absolute atomic E-state index is 13.6. The minimum Gasteiger partial charge on any atom is -0.507 e. The number of aliphatic hydroxyl groups is 1. The molecule has 9 nitrogen and oxygen atoms in total. The predicted molar refractivity (Wildman–Crippen MR) is 150 cm³/mol. The summed E-state index contributed by atoms with van der Waals surface area (Å²) in [6.45, 7) is 4.04. The number of Topliss-reactive ketones (excluding diaryl/α,β-unsaturated/α-hetero) is 1. The van der Waals surface area contributed by atoms with Crippen molar-refractivity contribution >= 4 is 44.1 Å². The fraction of sp³-hybridized carbons (Fsp3) is 0.233. The Kier molecular flexibility index (Phi) is 6.34. The second-order valence-electron chi connectivity index (χ2n) is 9.61. The summed E-state index contributed by atoms with van der Waals surface area (Å²) in [4.78, 5) is 33.2. The SMILES string of the molecule is CCOc1cc(C2/C(=C(/O)c3ccc4c(c3)CC(C)O4)C(=O)C(=O)N2c2nc3ccc(OC)cc3s2)ccc1O. The highest BCUT2D eigenvalue weighted by molar-refractivity contribution is 7.22. The third-order valence-electron chi connectivity index (χ3n) is 7.00. The maximum Gasteiger partial charge on any atom is 0.301 e. The van der Waals surface area contributed by atoms with E-state index in [0.29, 0.717) is 35.4 Å². The van der Waals surface area contributed by atoms with Gasteiger partial charge in [-0.05, 0) is 73.5 Å². The van der Waals surface area contributed by atoms with E-state index in [1.54, 1.807) is 56.5 Å². The number of anilines is 1. The lowest BCUT2D eigenvalue weighted by Crippen LogP contribution is -2.29. The summed E-state index contributed by atoms with van der Waals surface area (Å²) in [6.07, 6.45) is 0.670. The van der Waals surface area contributed by atoms with Crippen molar-refractivity contribution in [3.63, 3.8) is 0 Å². The largest absolute Gasteiger partial charge is 0.507 e. The van der Waals surface area contributed by atoms with Gasteiger partial charge in [-0.25, -0.2) is 4.98 Å². The fourth-order valence-electron chi connectivity index (χ4n) is 5.16. The molecular formula is C30H26N2O7S. The molecule has 4 aromatic rings. The van der Waals surface area contributed by atoms with Crippen LogP contribution in [0.3, 0.4) is 0 Å². The van der Waals surface area contributed by atoms with Crippen LogP contribution in [0.4, 0.5) is 5.13 Å². The van der Waals surface area contributed by atoms with Crippen molar-refractivity contribution < 1.29 is 34.0 Å². The van der Waals surface area contributed by atoms with Gasteiger partial charge >= 0.3 is 5.91 Å². The summed E-state index contributed by atoms with van der Waals surface area (Å²) in [5.74, 6) is -0.480. The topological polar surface area (TPSA) is 118 Å². The molecule has 2 aliphatic rings. The number of methoxy groups -OCH3 is 1. The van der Waals surface area contributed by atoms with Crippen LogP contribution in [0.5, 0.6) is 23.0 Å². The highest BCUT2D eigenvalue weighted by Gasteiger charge is 2.48. The van der Waals surface area contributed by atoms with Crippen molar-refractivity contribution in [2.45, 2.75) is 32.4 Å². The fourth-order valence-corrected chi connectivity index (χ4v) is 6.19. The number of phenolic OH excluding ortho intramolecular Hbond substituents is 1. The average Bonchev–Trinajstić information content (AvgIpc) is 3.61. The lowest BCUT2D eigenvalue weighted by Gasteiger charge is -2.23. The lowest BCUT2D eigenvalue weighted by molar-refractivity contribution is -0.132. The van der Waals surface area contributed by atoms with Gasteiger partial charge in [0.15, 0.2) is 16.6 Å². The number of hydrogen-bond donors (Lipinski definition) is 2. The Morgan fingerprint density at radius 3 is 2.75 bits per heavy atom. The van der Waals surface area contributed by atoms with Crippen LogP contribution in [0.25, 0.3) is 16.0 Å². The van der Waals surface area contributed by atoms with E-state index in [9.17, 15) is 19.8 Å². The molecule has 10 heteroatoms. The van der Waals surface area contributed by atoms with Crippen LogP contribution in [0.15, 0.2) is 60.2 Å². The predicted octanol–water partition coefficient (Wildman–Crippen LogP) is 5.36. The zero-order valence-electron chi connectivity index (χ0n) is 22.0. The summed E-state index contributed by atoms with van der Waals surface area (Å²) < 4.78 is 17.5. The molecule has 3 aromatic carbocycles. The first-order valence-electron chi connectivity index (χ1n) is 12.8. The van der Waals surface area contributed by atoms with Crippen LogP contribution in [-0.2, 0) is 16.0 Å². The van der Waals surface area contributed by atoms with Gasteiger partial charge in [0.2, 0.25) is 0 Å². The molecule has 0 spiro atoms. The first-order chi connectivity index (χ1) is 19.3. The van der Waals surface area contributed by atoms with Crippen LogP contribution in [0.2, 0.25) is 0 Å². The number of phenols is 1. The number of fused-ring (bicyclic) bond motifs is 2. The van der Waals surface area contributed by atoms with E-state index in [1.807, 2.05) is 13.0 Å². The van der Waals surface area contributed by atoms with Crippen LogP contribution in [0.1, 0.15) is 36.6 Å². The number of ketones is 1. The van der Waals surface area contributed by atoms with E-state index in [-0.39, 0.29) is 34.1 Å². The molecule has 204 valence electrons. The molecule has 1 fully saturated rings. The Hall–Kier alpha value is -4.57. The van der Waals surface area contributed by atoms with E-state index >= 15 is 0 Å². The van der Waals surface area contributed by atoms with E-state index in [4.69, 9.17) is 14.2 Å². The number of aromatic hydroxyl groups is 1. The van der Waals surface area contributed by atoms with Crippen molar-refractivity contribution in [1.82, 2.24) is 4.98 Å². The van der Waals surface area contributed by atoms with Gasteiger partial charge in [0.05, 0.1) is 35.5 Å². The van der Waals surface area contributed by atoms with Gasteiger partial charge in [-0.3, -0.25) is 14.5 Å². The van der Waals surface area contributed by atoms with Gasteiger partial charge < -0.3 is 24.4 Å². The number of aliphatic hydroxyl groups excluding tert-OH is 1. The lowest BCUT2D eigenvalue weighted by atomic mass is 9.94. The van der Waals surface area contributed by atoms with Gasteiger partial charge in [0, 0.05) is 12.0 Å². The van der Waals surface area contributed by atoms with E-state index in [2.05, 4.69) is 4.98 Å². The maximum atomic E-state index is 13.6. The van der Waals surface area contributed by atoms with Crippen molar-refractivity contribution in [2.24, 2.45) is 0 Å². The minimum absolute atomic E-state index is 0.00428. The molecule has 6 rings (SSSR count). The first kappa shape index (κ1) is 25.7. The number of benzene rings is 3. The molecule has 0 radical (unpaired) electrons. The third-order valence-corrected chi connectivity index (χ3v) is 8.02. The number of thiazole rings is 1. The summed E-state index contributed by atoms with van der Waals surface area (Å²) in [7, 11) is 1.56. The number of carbonyl (C=O) groups excluding carboxylic acids is 2. The highest BCUT2D eigenvalue weighted by Crippen LogP contribution is 2.46. The van der Waals surface area contributed by atoms with Crippen molar-refractivity contribution in [1.29, 1.82) is 0 Å². The Labute approximate surface area is 233 Å². The summed E-state index contributed by atoms with van der Waals surface area (Å²) in [6, 6.07) is 14.2. The standard InChI is InChI=1S/C30H26N2O7S/c1-4-38-23-13-16(5-9-21(23)33)26-25(27(34)17-6-10-22-18(12-17)11-15(2)39-22)28(35)29(36)32(26)30-31-20-8-7-19(37-3)14-24(20)40-30/h5-10,12-15,26,33-34H,4,11H2,1-3H3/b27-25-. The number of ether oxygens (including phenoxy) is 3. The Bertz CT molecular complexity index is 1710. The van der Waals surface area contributed by atoms with Crippen LogP contribution in [0, 0.1) is 0 Å². The van der Waals surface area contributed by atoms with Crippen molar-refractivity contribution in [3.05, 3.63) is 76.9 Å². The Balaban J connectivity index is 1.54.